The average Bonchev–Trinajstić information content (AvgIpc) is 3.09. The number of amides is 1. The highest BCUT2D eigenvalue weighted by Crippen LogP contribution is 2.17. The van der Waals surface area contributed by atoms with E-state index < -0.39 is 21.0 Å². The predicted molar refractivity (Wildman–Crippen MR) is 83.2 cm³/mol. The van der Waals surface area contributed by atoms with E-state index in [-0.39, 0.29) is 25.4 Å². The second-order valence-electron chi connectivity index (χ2n) is 5.58. The Morgan fingerprint density at radius 2 is 2.09 bits per heavy atom. The number of likely N-dealkylation sites (tertiary alicyclic amines) is 1. The van der Waals surface area contributed by atoms with Crippen LogP contribution in [0.4, 0.5) is 0 Å². The molecule has 0 spiro atoms. The SMILES string of the molecule is NS(=O)(=O)C1CCN(C(=O)CCn2c(=O)oc3ccccc32)C1. The summed E-state index contributed by atoms with van der Waals surface area (Å²) in [5.74, 6) is -0.712. The zero-order valence-electron chi connectivity index (χ0n) is 12.3. The van der Waals surface area contributed by atoms with Crippen molar-refractivity contribution in [3.05, 3.63) is 34.8 Å². The number of oxazole rings is 1. The Balaban J connectivity index is 1.68. The molecule has 23 heavy (non-hydrogen) atoms. The van der Waals surface area contributed by atoms with Gasteiger partial charge in [0.2, 0.25) is 15.9 Å². The van der Waals surface area contributed by atoms with Gasteiger partial charge in [0.15, 0.2) is 5.58 Å². The highest BCUT2D eigenvalue weighted by Gasteiger charge is 2.32. The van der Waals surface area contributed by atoms with Crippen molar-refractivity contribution in [1.82, 2.24) is 9.47 Å². The van der Waals surface area contributed by atoms with E-state index in [2.05, 4.69) is 0 Å². The van der Waals surface area contributed by atoms with Crippen LogP contribution < -0.4 is 10.9 Å². The minimum absolute atomic E-state index is 0.0980. The van der Waals surface area contributed by atoms with Gasteiger partial charge in [0.1, 0.15) is 0 Å². The van der Waals surface area contributed by atoms with Crippen molar-refractivity contribution in [2.45, 2.75) is 24.6 Å². The Bertz CT molecular complexity index is 899. The fourth-order valence-electron chi connectivity index (χ4n) is 2.81. The van der Waals surface area contributed by atoms with E-state index >= 15 is 0 Å². The van der Waals surface area contributed by atoms with Gasteiger partial charge in [-0.3, -0.25) is 9.36 Å². The van der Waals surface area contributed by atoms with Crippen molar-refractivity contribution in [1.29, 1.82) is 0 Å². The van der Waals surface area contributed by atoms with Gasteiger partial charge >= 0.3 is 5.76 Å². The van der Waals surface area contributed by atoms with Crippen LogP contribution in [0.3, 0.4) is 0 Å². The standard InChI is InChI=1S/C14H17N3O5S/c15-23(20,21)10-5-7-16(9-10)13(18)6-8-17-11-3-1-2-4-12(11)22-14(17)19/h1-4,10H,5-9H2,(H2,15,20,21). The molecule has 8 nitrogen and oxygen atoms in total. The zero-order valence-corrected chi connectivity index (χ0v) is 13.2. The quantitative estimate of drug-likeness (QED) is 0.833. The number of carbonyl (C=O) groups excluding carboxylic acids is 1. The number of carbonyl (C=O) groups is 1. The molecule has 2 aromatic rings. The first kappa shape index (κ1) is 15.8. The first-order valence-electron chi connectivity index (χ1n) is 7.24. The Labute approximate surface area is 132 Å². The molecule has 1 fully saturated rings. The molecule has 3 rings (SSSR count). The number of nitrogens with two attached hydrogens (primary N) is 1. The maximum atomic E-state index is 12.2. The maximum absolute atomic E-state index is 12.2. The number of aromatic nitrogens is 1. The second-order valence-corrected chi connectivity index (χ2v) is 7.42. The van der Waals surface area contributed by atoms with Crippen LogP contribution in [-0.2, 0) is 21.4 Å². The average molecular weight is 339 g/mol. The molecule has 1 aliphatic rings. The molecular formula is C14H17N3O5S. The molecule has 2 N–H and O–H groups in total. The monoisotopic (exact) mass is 339 g/mol. The lowest BCUT2D eigenvalue weighted by Gasteiger charge is -2.16. The number of fused-ring (bicyclic) bond motifs is 1. The fraction of sp³-hybridized carbons (Fsp3) is 0.429. The van der Waals surface area contributed by atoms with Gasteiger partial charge in [0.25, 0.3) is 0 Å². The molecule has 1 atom stereocenters. The van der Waals surface area contributed by atoms with Gasteiger partial charge in [-0.2, -0.15) is 0 Å². The number of hydrogen-bond donors (Lipinski definition) is 1. The number of rotatable bonds is 4. The molecule has 1 aromatic carbocycles. The van der Waals surface area contributed by atoms with Crippen LogP contribution in [0, 0.1) is 0 Å². The largest absolute Gasteiger partial charge is 0.419 e. The zero-order chi connectivity index (χ0) is 16.6. The van der Waals surface area contributed by atoms with Crippen LogP contribution in [0.5, 0.6) is 0 Å². The molecule has 2 heterocycles. The molecule has 1 amide bonds. The van der Waals surface area contributed by atoms with Crippen LogP contribution in [0.15, 0.2) is 33.5 Å². The summed E-state index contributed by atoms with van der Waals surface area (Å²) in [6.45, 7) is 0.658. The van der Waals surface area contributed by atoms with E-state index in [0.29, 0.717) is 24.1 Å². The van der Waals surface area contributed by atoms with Gasteiger partial charge in [-0.25, -0.2) is 18.4 Å². The van der Waals surface area contributed by atoms with E-state index in [9.17, 15) is 18.0 Å². The summed E-state index contributed by atoms with van der Waals surface area (Å²) in [4.78, 5) is 25.5. The summed E-state index contributed by atoms with van der Waals surface area (Å²) in [5.41, 5.74) is 1.11. The van der Waals surface area contributed by atoms with Crippen LogP contribution in [0.2, 0.25) is 0 Å². The van der Waals surface area contributed by atoms with Gasteiger partial charge in [-0.05, 0) is 18.6 Å². The van der Waals surface area contributed by atoms with Crippen molar-refractivity contribution in [3.8, 4) is 0 Å². The normalized spacial score (nSPS) is 18.7. The number of aryl methyl sites for hydroxylation is 1. The summed E-state index contributed by atoms with van der Waals surface area (Å²) in [5, 5.41) is 4.41. The van der Waals surface area contributed by atoms with E-state index in [1.54, 1.807) is 24.3 Å². The van der Waals surface area contributed by atoms with Crippen molar-refractivity contribution in [2.75, 3.05) is 13.1 Å². The number of sulfonamides is 1. The molecule has 124 valence electrons. The number of primary sulfonamides is 1. The Hall–Kier alpha value is -2.13. The number of nitrogens with zero attached hydrogens (tertiary/aromatic N) is 2. The van der Waals surface area contributed by atoms with Gasteiger partial charge in [0, 0.05) is 26.1 Å². The van der Waals surface area contributed by atoms with Gasteiger partial charge in [0.05, 0.1) is 10.8 Å². The molecular weight excluding hydrogens is 322 g/mol. The predicted octanol–water partition coefficient (Wildman–Crippen LogP) is -0.126. The highest BCUT2D eigenvalue weighted by molar-refractivity contribution is 7.89. The molecule has 1 unspecified atom stereocenters. The third-order valence-electron chi connectivity index (χ3n) is 4.09. The molecule has 0 aliphatic carbocycles. The molecule has 1 saturated heterocycles. The maximum Gasteiger partial charge on any atom is 0.419 e. The Morgan fingerprint density at radius 3 is 2.78 bits per heavy atom. The number of hydrogen-bond acceptors (Lipinski definition) is 5. The highest BCUT2D eigenvalue weighted by atomic mass is 32.2. The minimum atomic E-state index is -3.63. The molecule has 0 bridgehead atoms. The fourth-order valence-corrected chi connectivity index (χ4v) is 3.64. The number of para-hydroxylation sites is 2. The minimum Gasteiger partial charge on any atom is -0.408 e. The van der Waals surface area contributed by atoms with Gasteiger partial charge < -0.3 is 9.32 Å². The first-order valence-corrected chi connectivity index (χ1v) is 8.85. The lowest BCUT2D eigenvalue weighted by atomic mass is 10.3. The molecule has 1 aliphatic heterocycles. The third kappa shape index (κ3) is 3.15. The van der Waals surface area contributed by atoms with Crippen molar-refractivity contribution < 1.29 is 17.6 Å². The van der Waals surface area contributed by atoms with Gasteiger partial charge in [-0.1, -0.05) is 12.1 Å². The Kier molecular flexibility index (Phi) is 3.99. The lowest BCUT2D eigenvalue weighted by molar-refractivity contribution is -0.130. The van der Waals surface area contributed by atoms with E-state index in [4.69, 9.17) is 9.56 Å². The topological polar surface area (TPSA) is 116 Å². The first-order chi connectivity index (χ1) is 10.9. The van der Waals surface area contributed by atoms with Crippen LogP contribution in [-0.4, -0.2) is 42.1 Å². The van der Waals surface area contributed by atoms with Crippen molar-refractivity contribution in [2.24, 2.45) is 5.14 Å². The smallest absolute Gasteiger partial charge is 0.408 e. The lowest BCUT2D eigenvalue weighted by Crippen LogP contribution is -2.35. The van der Waals surface area contributed by atoms with Gasteiger partial charge in [-0.15, -0.1) is 0 Å². The molecule has 0 radical (unpaired) electrons. The summed E-state index contributed by atoms with van der Waals surface area (Å²) in [6, 6.07) is 6.98. The number of benzene rings is 1. The van der Waals surface area contributed by atoms with E-state index in [1.807, 2.05) is 0 Å². The molecule has 1 aromatic heterocycles. The summed E-state index contributed by atoms with van der Waals surface area (Å²) < 4.78 is 29.1. The summed E-state index contributed by atoms with van der Waals surface area (Å²) in [6.07, 6.45) is 0.444. The van der Waals surface area contributed by atoms with E-state index in [0.717, 1.165) is 0 Å². The third-order valence-corrected chi connectivity index (χ3v) is 5.40. The van der Waals surface area contributed by atoms with Crippen LogP contribution in [0.1, 0.15) is 12.8 Å². The van der Waals surface area contributed by atoms with E-state index in [1.165, 1.54) is 9.47 Å². The summed E-state index contributed by atoms with van der Waals surface area (Å²) in [7, 11) is -3.63. The van der Waals surface area contributed by atoms with Crippen LogP contribution >= 0.6 is 0 Å². The van der Waals surface area contributed by atoms with Crippen molar-refractivity contribution in [3.63, 3.8) is 0 Å². The summed E-state index contributed by atoms with van der Waals surface area (Å²) >= 11 is 0. The molecule has 9 heteroatoms. The van der Waals surface area contributed by atoms with Crippen molar-refractivity contribution >= 4 is 27.0 Å². The molecule has 0 saturated carbocycles. The second kappa shape index (κ2) is 5.82. The Morgan fingerprint density at radius 1 is 1.35 bits per heavy atom. The van der Waals surface area contributed by atoms with Crippen LogP contribution in [0.25, 0.3) is 11.1 Å².